The Morgan fingerprint density at radius 1 is 1.39 bits per heavy atom. The maximum Gasteiger partial charge on any atom is 0.0646 e. The number of ether oxygens (including phenoxy) is 1. The molecule has 100 valence electrons. The van der Waals surface area contributed by atoms with Crippen LogP contribution >= 0.6 is 0 Å². The van der Waals surface area contributed by atoms with E-state index >= 15 is 0 Å². The molecular weight excluding hydrogens is 224 g/mol. The second kappa shape index (κ2) is 6.32. The predicted molar refractivity (Wildman–Crippen MR) is 74.6 cm³/mol. The third-order valence-electron chi connectivity index (χ3n) is 3.66. The molecule has 2 rings (SSSR count). The van der Waals surface area contributed by atoms with Crippen molar-refractivity contribution in [1.29, 1.82) is 0 Å². The van der Waals surface area contributed by atoms with Crippen molar-refractivity contribution in [2.75, 3.05) is 19.8 Å². The van der Waals surface area contributed by atoms with Gasteiger partial charge in [0.1, 0.15) is 0 Å². The molecule has 3 heteroatoms. The monoisotopic (exact) mass is 248 g/mol. The molecule has 2 unspecified atom stereocenters. The summed E-state index contributed by atoms with van der Waals surface area (Å²) >= 11 is 0. The van der Waals surface area contributed by atoms with Gasteiger partial charge in [0.25, 0.3) is 0 Å². The van der Waals surface area contributed by atoms with E-state index < -0.39 is 0 Å². The van der Waals surface area contributed by atoms with E-state index in [1.54, 1.807) is 0 Å². The summed E-state index contributed by atoms with van der Waals surface area (Å²) in [6.45, 7) is 4.75. The lowest BCUT2D eigenvalue weighted by atomic mass is 10.0. The third-order valence-corrected chi connectivity index (χ3v) is 3.66. The summed E-state index contributed by atoms with van der Waals surface area (Å²) in [5.74, 6) is 0. The van der Waals surface area contributed by atoms with Crippen LogP contribution in [0, 0.1) is 0 Å². The highest BCUT2D eigenvalue weighted by Gasteiger charge is 2.29. The molecule has 0 aliphatic carbocycles. The normalized spacial score (nSPS) is 25.2. The van der Waals surface area contributed by atoms with Gasteiger partial charge in [-0.05, 0) is 31.7 Å². The fourth-order valence-corrected chi connectivity index (χ4v) is 2.28. The van der Waals surface area contributed by atoms with E-state index in [1.807, 2.05) is 6.07 Å². The molecule has 0 amide bonds. The lowest BCUT2D eigenvalue weighted by Crippen LogP contribution is -2.48. The van der Waals surface area contributed by atoms with Crippen molar-refractivity contribution >= 4 is 0 Å². The molecule has 0 aromatic heterocycles. The van der Waals surface area contributed by atoms with Crippen LogP contribution in [0.25, 0.3) is 0 Å². The molecule has 0 bridgehead atoms. The van der Waals surface area contributed by atoms with Crippen LogP contribution in [-0.2, 0) is 11.2 Å². The van der Waals surface area contributed by atoms with Gasteiger partial charge in [-0.15, -0.1) is 0 Å². The number of rotatable bonds is 6. The van der Waals surface area contributed by atoms with Gasteiger partial charge in [-0.2, -0.15) is 0 Å². The summed E-state index contributed by atoms with van der Waals surface area (Å²) in [6, 6.07) is 10.7. The first-order valence-corrected chi connectivity index (χ1v) is 6.80. The zero-order chi connectivity index (χ0) is 12.8. The molecular formula is C15H24N2O. The fourth-order valence-electron chi connectivity index (χ4n) is 2.28. The lowest BCUT2D eigenvalue weighted by Gasteiger charge is -2.25. The molecule has 1 aliphatic heterocycles. The van der Waals surface area contributed by atoms with E-state index in [1.165, 1.54) is 5.56 Å². The highest BCUT2D eigenvalue weighted by molar-refractivity contribution is 5.14. The van der Waals surface area contributed by atoms with E-state index in [4.69, 9.17) is 10.5 Å². The average Bonchev–Trinajstić information content (AvgIpc) is 2.83. The van der Waals surface area contributed by atoms with Crippen molar-refractivity contribution in [2.24, 2.45) is 5.73 Å². The van der Waals surface area contributed by atoms with Crippen molar-refractivity contribution in [3.05, 3.63) is 35.9 Å². The van der Waals surface area contributed by atoms with E-state index in [2.05, 4.69) is 36.5 Å². The number of nitrogens with one attached hydrogen (secondary N) is 1. The van der Waals surface area contributed by atoms with Crippen LogP contribution in [0.15, 0.2) is 30.3 Å². The molecule has 1 aromatic rings. The Kier molecular flexibility index (Phi) is 4.75. The van der Waals surface area contributed by atoms with Crippen molar-refractivity contribution < 1.29 is 4.74 Å². The maximum atomic E-state index is 6.16. The number of benzene rings is 1. The summed E-state index contributed by atoms with van der Waals surface area (Å²) in [5, 5.41) is 3.54. The first-order valence-electron chi connectivity index (χ1n) is 6.80. The minimum Gasteiger partial charge on any atom is -0.379 e. The molecule has 18 heavy (non-hydrogen) atoms. The maximum absolute atomic E-state index is 6.16. The van der Waals surface area contributed by atoms with Crippen molar-refractivity contribution in [1.82, 2.24) is 5.32 Å². The van der Waals surface area contributed by atoms with Crippen LogP contribution in [0.1, 0.15) is 25.3 Å². The van der Waals surface area contributed by atoms with Crippen LogP contribution in [0.4, 0.5) is 0 Å². The second-order valence-electron chi connectivity index (χ2n) is 5.53. The van der Waals surface area contributed by atoms with Crippen LogP contribution in [0.3, 0.4) is 0 Å². The summed E-state index contributed by atoms with van der Waals surface area (Å²) < 4.78 is 5.42. The van der Waals surface area contributed by atoms with Gasteiger partial charge in [-0.1, -0.05) is 30.3 Å². The number of aryl methyl sites for hydroxylation is 1. The summed E-state index contributed by atoms with van der Waals surface area (Å²) in [5.41, 5.74) is 7.65. The van der Waals surface area contributed by atoms with E-state index in [0.29, 0.717) is 0 Å². The highest BCUT2D eigenvalue weighted by Crippen LogP contribution is 2.17. The van der Waals surface area contributed by atoms with Crippen LogP contribution in [-0.4, -0.2) is 31.3 Å². The van der Waals surface area contributed by atoms with Crippen LogP contribution < -0.4 is 11.1 Å². The topological polar surface area (TPSA) is 47.3 Å². The molecule has 1 heterocycles. The second-order valence-corrected chi connectivity index (χ2v) is 5.53. The minimum atomic E-state index is 0.129. The number of hydrogen-bond acceptors (Lipinski definition) is 3. The van der Waals surface area contributed by atoms with E-state index in [0.717, 1.165) is 39.0 Å². The largest absolute Gasteiger partial charge is 0.379 e. The summed E-state index contributed by atoms with van der Waals surface area (Å²) in [6.07, 6.45) is 3.16. The molecule has 1 fully saturated rings. The van der Waals surface area contributed by atoms with Gasteiger partial charge < -0.3 is 15.8 Å². The van der Waals surface area contributed by atoms with Crippen LogP contribution in [0.2, 0.25) is 0 Å². The fraction of sp³-hybridized carbons (Fsp3) is 0.600. The molecule has 0 saturated carbocycles. The van der Waals surface area contributed by atoms with Crippen molar-refractivity contribution in [3.8, 4) is 0 Å². The van der Waals surface area contributed by atoms with Crippen LogP contribution in [0.5, 0.6) is 0 Å². The zero-order valence-electron chi connectivity index (χ0n) is 11.2. The average molecular weight is 248 g/mol. The van der Waals surface area contributed by atoms with E-state index in [-0.39, 0.29) is 11.6 Å². The standard InChI is InChI=1S/C15H24N2O/c1-15(9-10-18-12-15)17-11-14(16)8-7-13-5-3-2-4-6-13/h2-6,14,17H,7-12,16H2,1H3. The van der Waals surface area contributed by atoms with E-state index in [9.17, 15) is 0 Å². The minimum absolute atomic E-state index is 0.129. The molecule has 1 saturated heterocycles. The van der Waals surface area contributed by atoms with Gasteiger partial charge in [0.15, 0.2) is 0 Å². The molecule has 0 spiro atoms. The zero-order valence-corrected chi connectivity index (χ0v) is 11.2. The Morgan fingerprint density at radius 2 is 2.17 bits per heavy atom. The Hall–Kier alpha value is -0.900. The first kappa shape index (κ1) is 13.5. The summed E-state index contributed by atoms with van der Waals surface area (Å²) in [4.78, 5) is 0. The molecule has 3 nitrogen and oxygen atoms in total. The number of hydrogen-bond donors (Lipinski definition) is 2. The molecule has 3 N–H and O–H groups in total. The molecule has 0 radical (unpaired) electrons. The van der Waals surface area contributed by atoms with Gasteiger partial charge in [0, 0.05) is 24.7 Å². The Bertz CT molecular complexity index is 347. The van der Waals surface area contributed by atoms with Gasteiger partial charge in [0.05, 0.1) is 6.61 Å². The Morgan fingerprint density at radius 3 is 2.83 bits per heavy atom. The summed E-state index contributed by atoms with van der Waals surface area (Å²) in [7, 11) is 0. The Labute approximate surface area is 110 Å². The SMILES string of the molecule is CC1(NCC(N)CCc2ccccc2)CCOC1. The lowest BCUT2D eigenvalue weighted by molar-refractivity contribution is 0.171. The quantitative estimate of drug-likeness (QED) is 0.806. The highest BCUT2D eigenvalue weighted by atomic mass is 16.5. The molecule has 1 aromatic carbocycles. The molecule has 1 aliphatic rings. The predicted octanol–water partition coefficient (Wildman–Crippen LogP) is 1.72. The first-order chi connectivity index (χ1) is 8.68. The Balaban J connectivity index is 1.67. The third kappa shape index (κ3) is 4.09. The smallest absolute Gasteiger partial charge is 0.0646 e. The van der Waals surface area contributed by atoms with Gasteiger partial charge >= 0.3 is 0 Å². The van der Waals surface area contributed by atoms with Gasteiger partial charge in [0.2, 0.25) is 0 Å². The van der Waals surface area contributed by atoms with Crippen molar-refractivity contribution in [3.63, 3.8) is 0 Å². The number of nitrogens with two attached hydrogens (primary N) is 1. The molecule has 2 atom stereocenters. The van der Waals surface area contributed by atoms with Gasteiger partial charge in [-0.3, -0.25) is 0 Å². The van der Waals surface area contributed by atoms with Crippen molar-refractivity contribution in [2.45, 2.75) is 37.8 Å². The van der Waals surface area contributed by atoms with Gasteiger partial charge in [-0.25, -0.2) is 0 Å².